The summed E-state index contributed by atoms with van der Waals surface area (Å²) < 4.78 is 5.10. The number of benzene rings is 2. The van der Waals surface area contributed by atoms with E-state index in [-0.39, 0.29) is 30.9 Å². The number of amides is 2. The Balaban J connectivity index is 1.82. The Morgan fingerprint density at radius 1 is 1.00 bits per heavy atom. The van der Waals surface area contributed by atoms with E-state index in [2.05, 4.69) is 10.6 Å². The summed E-state index contributed by atoms with van der Waals surface area (Å²) in [5.74, 6) is 0.462. The standard InChI is InChI=1S/C21H27N3O3/c1-4-24(14-20(25)22-16(2)17-8-6-5-7-9-17)15-21(26)23-18-10-12-19(27-3)13-11-18/h5-13,16H,4,14-15H2,1-3H3,(H,22,25)(H,23,26)/t16-/m0/s1. The molecular formula is C21H27N3O3. The average molecular weight is 369 g/mol. The van der Waals surface area contributed by atoms with E-state index in [1.165, 1.54) is 0 Å². The van der Waals surface area contributed by atoms with Gasteiger partial charge < -0.3 is 15.4 Å². The number of nitrogens with one attached hydrogen (secondary N) is 2. The molecule has 27 heavy (non-hydrogen) atoms. The SMILES string of the molecule is CCN(CC(=O)Nc1ccc(OC)cc1)CC(=O)N[C@@H](C)c1ccccc1. The molecule has 144 valence electrons. The van der Waals surface area contributed by atoms with Crippen molar-refractivity contribution in [1.29, 1.82) is 0 Å². The van der Waals surface area contributed by atoms with Crippen LogP contribution >= 0.6 is 0 Å². The van der Waals surface area contributed by atoms with Crippen molar-refractivity contribution >= 4 is 17.5 Å². The van der Waals surface area contributed by atoms with Gasteiger partial charge in [-0.1, -0.05) is 37.3 Å². The normalized spacial score (nSPS) is 11.7. The second-order valence-electron chi connectivity index (χ2n) is 6.28. The molecule has 0 radical (unpaired) electrons. The second-order valence-corrected chi connectivity index (χ2v) is 6.28. The lowest BCUT2D eigenvalue weighted by Gasteiger charge is -2.21. The number of anilines is 1. The van der Waals surface area contributed by atoms with Gasteiger partial charge in [0.05, 0.1) is 26.2 Å². The fourth-order valence-corrected chi connectivity index (χ4v) is 2.67. The van der Waals surface area contributed by atoms with Crippen LogP contribution in [0.3, 0.4) is 0 Å². The van der Waals surface area contributed by atoms with E-state index in [4.69, 9.17) is 4.74 Å². The van der Waals surface area contributed by atoms with Gasteiger partial charge in [0.2, 0.25) is 11.8 Å². The second kappa shape index (κ2) is 10.3. The lowest BCUT2D eigenvalue weighted by atomic mass is 10.1. The van der Waals surface area contributed by atoms with E-state index in [9.17, 15) is 9.59 Å². The molecule has 0 fully saturated rings. The predicted octanol–water partition coefficient (Wildman–Crippen LogP) is 2.83. The average Bonchev–Trinajstić information content (AvgIpc) is 2.68. The van der Waals surface area contributed by atoms with Crippen molar-refractivity contribution in [1.82, 2.24) is 10.2 Å². The van der Waals surface area contributed by atoms with Crippen LogP contribution in [0.1, 0.15) is 25.5 Å². The first-order valence-corrected chi connectivity index (χ1v) is 9.02. The molecule has 0 heterocycles. The van der Waals surface area contributed by atoms with Crippen LogP contribution in [0.2, 0.25) is 0 Å². The Kier molecular flexibility index (Phi) is 7.82. The third-order valence-electron chi connectivity index (χ3n) is 4.23. The first-order valence-electron chi connectivity index (χ1n) is 9.02. The molecule has 0 saturated heterocycles. The van der Waals surface area contributed by atoms with E-state index in [1.54, 1.807) is 36.3 Å². The van der Waals surface area contributed by atoms with Crippen LogP contribution in [0.25, 0.3) is 0 Å². The van der Waals surface area contributed by atoms with Gasteiger partial charge in [0.1, 0.15) is 5.75 Å². The van der Waals surface area contributed by atoms with Crippen LogP contribution < -0.4 is 15.4 Å². The van der Waals surface area contributed by atoms with Gasteiger partial charge in [-0.3, -0.25) is 14.5 Å². The molecule has 2 rings (SSSR count). The highest BCUT2D eigenvalue weighted by molar-refractivity contribution is 5.92. The Morgan fingerprint density at radius 2 is 1.63 bits per heavy atom. The molecule has 0 bridgehead atoms. The lowest BCUT2D eigenvalue weighted by Crippen LogP contribution is -2.41. The maximum absolute atomic E-state index is 12.3. The van der Waals surface area contributed by atoms with E-state index in [1.807, 2.05) is 44.2 Å². The summed E-state index contributed by atoms with van der Waals surface area (Å²) in [6.07, 6.45) is 0. The summed E-state index contributed by atoms with van der Waals surface area (Å²) in [4.78, 5) is 26.4. The van der Waals surface area contributed by atoms with Gasteiger partial charge >= 0.3 is 0 Å². The van der Waals surface area contributed by atoms with Crippen LogP contribution in [-0.4, -0.2) is 43.5 Å². The molecule has 2 amide bonds. The topological polar surface area (TPSA) is 70.7 Å². The molecule has 6 nitrogen and oxygen atoms in total. The predicted molar refractivity (Wildman–Crippen MR) is 107 cm³/mol. The summed E-state index contributed by atoms with van der Waals surface area (Å²) in [5.41, 5.74) is 1.74. The van der Waals surface area contributed by atoms with Crippen LogP contribution in [-0.2, 0) is 9.59 Å². The van der Waals surface area contributed by atoms with E-state index < -0.39 is 0 Å². The van der Waals surface area contributed by atoms with Crippen molar-refractivity contribution in [3.8, 4) is 5.75 Å². The van der Waals surface area contributed by atoms with Crippen molar-refractivity contribution < 1.29 is 14.3 Å². The molecule has 0 aromatic heterocycles. The number of carbonyl (C=O) groups excluding carboxylic acids is 2. The fourth-order valence-electron chi connectivity index (χ4n) is 2.67. The van der Waals surface area contributed by atoms with Crippen LogP contribution in [0.4, 0.5) is 5.69 Å². The molecule has 6 heteroatoms. The largest absolute Gasteiger partial charge is 0.497 e. The Bertz CT molecular complexity index is 732. The fraction of sp³-hybridized carbons (Fsp3) is 0.333. The van der Waals surface area contributed by atoms with Crippen molar-refractivity contribution in [2.75, 3.05) is 32.1 Å². The number of rotatable bonds is 9. The summed E-state index contributed by atoms with van der Waals surface area (Å²) in [6.45, 7) is 4.79. The van der Waals surface area contributed by atoms with Crippen molar-refractivity contribution in [2.24, 2.45) is 0 Å². The minimum Gasteiger partial charge on any atom is -0.497 e. The van der Waals surface area contributed by atoms with Gasteiger partial charge in [0, 0.05) is 5.69 Å². The molecule has 0 aliphatic rings. The zero-order valence-electron chi connectivity index (χ0n) is 16.1. The maximum atomic E-state index is 12.3. The minimum absolute atomic E-state index is 0.0782. The monoisotopic (exact) mass is 369 g/mol. The number of carbonyl (C=O) groups is 2. The molecular weight excluding hydrogens is 342 g/mol. The molecule has 1 atom stereocenters. The van der Waals surface area contributed by atoms with Crippen molar-refractivity contribution in [2.45, 2.75) is 19.9 Å². The van der Waals surface area contributed by atoms with Crippen molar-refractivity contribution in [3.63, 3.8) is 0 Å². The Hall–Kier alpha value is -2.86. The number of ether oxygens (including phenoxy) is 1. The highest BCUT2D eigenvalue weighted by Gasteiger charge is 2.15. The number of nitrogens with zero attached hydrogens (tertiary/aromatic N) is 1. The Labute approximate surface area is 160 Å². The molecule has 2 N–H and O–H groups in total. The van der Waals surface area contributed by atoms with E-state index >= 15 is 0 Å². The number of likely N-dealkylation sites (N-methyl/N-ethyl adjacent to an activating group) is 1. The smallest absolute Gasteiger partial charge is 0.238 e. The quantitative estimate of drug-likeness (QED) is 0.713. The zero-order valence-corrected chi connectivity index (χ0v) is 16.1. The molecule has 2 aromatic carbocycles. The third kappa shape index (κ3) is 6.75. The van der Waals surface area contributed by atoms with Crippen LogP contribution in [0.15, 0.2) is 54.6 Å². The number of hydrogen-bond acceptors (Lipinski definition) is 4. The molecule has 0 aliphatic carbocycles. The molecule has 0 spiro atoms. The summed E-state index contributed by atoms with van der Waals surface area (Å²) in [5, 5.41) is 5.80. The minimum atomic E-state index is -0.161. The number of methoxy groups -OCH3 is 1. The summed E-state index contributed by atoms with van der Waals surface area (Å²) >= 11 is 0. The van der Waals surface area contributed by atoms with E-state index in [0.717, 1.165) is 11.3 Å². The first kappa shape index (κ1) is 20.5. The van der Waals surface area contributed by atoms with Crippen molar-refractivity contribution in [3.05, 3.63) is 60.2 Å². The third-order valence-corrected chi connectivity index (χ3v) is 4.23. The summed E-state index contributed by atoms with van der Waals surface area (Å²) in [7, 11) is 1.59. The van der Waals surface area contributed by atoms with Gasteiger partial charge in [-0.15, -0.1) is 0 Å². The lowest BCUT2D eigenvalue weighted by molar-refractivity contribution is -0.123. The highest BCUT2D eigenvalue weighted by Crippen LogP contribution is 2.15. The van der Waals surface area contributed by atoms with Gasteiger partial charge in [0.25, 0.3) is 0 Å². The first-order chi connectivity index (χ1) is 13.0. The molecule has 0 aliphatic heterocycles. The number of hydrogen-bond donors (Lipinski definition) is 2. The van der Waals surface area contributed by atoms with Crippen LogP contribution in [0.5, 0.6) is 5.75 Å². The van der Waals surface area contributed by atoms with Gasteiger partial charge in [-0.2, -0.15) is 0 Å². The molecule has 0 unspecified atom stereocenters. The summed E-state index contributed by atoms with van der Waals surface area (Å²) in [6, 6.07) is 16.8. The highest BCUT2D eigenvalue weighted by atomic mass is 16.5. The zero-order chi connectivity index (χ0) is 19.6. The maximum Gasteiger partial charge on any atom is 0.238 e. The van der Waals surface area contributed by atoms with Gasteiger partial charge in [0.15, 0.2) is 0 Å². The van der Waals surface area contributed by atoms with E-state index in [0.29, 0.717) is 12.2 Å². The van der Waals surface area contributed by atoms with Gasteiger partial charge in [-0.25, -0.2) is 0 Å². The van der Waals surface area contributed by atoms with Crippen LogP contribution in [0, 0.1) is 0 Å². The van der Waals surface area contributed by atoms with Gasteiger partial charge in [-0.05, 0) is 43.3 Å². The molecule has 0 saturated carbocycles. The molecule has 2 aromatic rings. The Morgan fingerprint density at radius 3 is 2.22 bits per heavy atom.